The second-order valence-electron chi connectivity index (χ2n) is 6.29. The quantitative estimate of drug-likeness (QED) is 0.834. The van der Waals surface area contributed by atoms with Gasteiger partial charge in [0.25, 0.3) is 5.91 Å². The summed E-state index contributed by atoms with van der Waals surface area (Å²) in [5, 5.41) is 6.28. The molecule has 0 bridgehead atoms. The van der Waals surface area contributed by atoms with Crippen LogP contribution < -0.4 is 5.32 Å². The van der Waals surface area contributed by atoms with Gasteiger partial charge >= 0.3 is 0 Å². The predicted octanol–water partition coefficient (Wildman–Crippen LogP) is 3.25. The minimum Gasteiger partial charge on any atom is -0.360 e. The molecule has 0 radical (unpaired) electrons. The van der Waals surface area contributed by atoms with Crippen LogP contribution in [-0.4, -0.2) is 35.0 Å². The second kappa shape index (κ2) is 8.41. The first-order valence-corrected chi connectivity index (χ1v) is 8.13. The lowest BCUT2D eigenvalue weighted by molar-refractivity contribution is -0.117. The molecule has 0 atom stereocenters. The number of nitrogens with one attached hydrogen (secondary N) is 1. The third kappa shape index (κ3) is 5.70. The summed E-state index contributed by atoms with van der Waals surface area (Å²) >= 11 is 0. The molecule has 0 saturated heterocycles. The van der Waals surface area contributed by atoms with Crippen molar-refractivity contribution >= 4 is 17.6 Å². The standard InChI is InChI=1S/C18H22FN3O3/c1-12(2)7-8-22(18(24)14-5-4-6-15(19)10-14)11-17(23)20-16-9-13(3)25-21-16/h4-6,9-10,12H,7-8,11H2,1-3H3,(H,20,21,23). The van der Waals surface area contributed by atoms with Gasteiger partial charge < -0.3 is 14.7 Å². The number of hydrogen-bond acceptors (Lipinski definition) is 4. The highest BCUT2D eigenvalue weighted by atomic mass is 19.1. The zero-order chi connectivity index (χ0) is 18.4. The highest BCUT2D eigenvalue weighted by Crippen LogP contribution is 2.11. The predicted molar refractivity (Wildman–Crippen MR) is 91.6 cm³/mol. The van der Waals surface area contributed by atoms with E-state index < -0.39 is 5.82 Å². The zero-order valence-corrected chi connectivity index (χ0v) is 14.6. The molecule has 0 spiro atoms. The van der Waals surface area contributed by atoms with Crippen LogP contribution in [0.2, 0.25) is 0 Å². The van der Waals surface area contributed by atoms with Crippen LogP contribution >= 0.6 is 0 Å². The van der Waals surface area contributed by atoms with Crippen molar-refractivity contribution in [2.24, 2.45) is 5.92 Å². The molecule has 0 fully saturated rings. The highest BCUT2D eigenvalue weighted by Gasteiger charge is 2.20. The van der Waals surface area contributed by atoms with Gasteiger partial charge in [0.15, 0.2) is 5.82 Å². The summed E-state index contributed by atoms with van der Waals surface area (Å²) in [7, 11) is 0. The van der Waals surface area contributed by atoms with Crippen LogP contribution in [0.15, 0.2) is 34.9 Å². The molecule has 2 aromatic rings. The van der Waals surface area contributed by atoms with E-state index in [0.717, 1.165) is 6.42 Å². The molecule has 2 rings (SSSR count). The maximum Gasteiger partial charge on any atom is 0.254 e. The average Bonchev–Trinajstić information content (AvgIpc) is 2.95. The molecule has 1 aromatic heterocycles. The van der Waals surface area contributed by atoms with Gasteiger partial charge in [-0.05, 0) is 37.5 Å². The summed E-state index contributed by atoms with van der Waals surface area (Å²) in [6.07, 6.45) is 0.734. The number of hydrogen-bond donors (Lipinski definition) is 1. The molecule has 1 heterocycles. The lowest BCUT2D eigenvalue weighted by Gasteiger charge is -2.23. The van der Waals surface area contributed by atoms with E-state index in [4.69, 9.17) is 4.52 Å². The largest absolute Gasteiger partial charge is 0.360 e. The van der Waals surface area contributed by atoms with Crippen LogP contribution in [0.5, 0.6) is 0 Å². The van der Waals surface area contributed by atoms with Crippen molar-refractivity contribution in [2.45, 2.75) is 27.2 Å². The number of amides is 2. The maximum atomic E-state index is 13.4. The first-order chi connectivity index (χ1) is 11.8. The third-order valence-corrected chi connectivity index (χ3v) is 3.57. The van der Waals surface area contributed by atoms with Crippen molar-refractivity contribution in [1.29, 1.82) is 0 Å². The number of halogens is 1. The Morgan fingerprint density at radius 1 is 1.32 bits per heavy atom. The monoisotopic (exact) mass is 347 g/mol. The van der Waals surface area contributed by atoms with E-state index in [1.54, 1.807) is 13.0 Å². The molecule has 6 nitrogen and oxygen atoms in total. The Kier molecular flexibility index (Phi) is 6.27. The van der Waals surface area contributed by atoms with Crippen LogP contribution in [0.3, 0.4) is 0 Å². The summed E-state index contributed by atoms with van der Waals surface area (Å²) in [5.41, 5.74) is 0.217. The molecule has 0 unspecified atom stereocenters. The topological polar surface area (TPSA) is 75.4 Å². The minimum atomic E-state index is -0.489. The van der Waals surface area contributed by atoms with E-state index in [1.807, 2.05) is 13.8 Å². The number of aromatic nitrogens is 1. The summed E-state index contributed by atoms with van der Waals surface area (Å²) in [6, 6.07) is 7.04. The van der Waals surface area contributed by atoms with Gasteiger partial charge in [0.1, 0.15) is 18.1 Å². The Morgan fingerprint density at radius 3 is 2.68 bits per heavy atom. The van der Waals surface area contributed by atoms with Gasteiger partial charge in [-0.1, -0.05) is 25.1 Å². The molecular weight excluding hydrogens is 325 g/mol. The number of aryl methyl sites for hydroxylation is 1. The number of carbonyl (C=O) groups is 2. The van der Waals surface area contributed by atoms with Gasteiger partial charge in [0.2, 0.25) is 5.91 Å². The smallest absolute Gasteiger partial charge is 0.254 e. The van der Waals surface area contributed by atoms with Crippen molar-refractivity contribution in [3.63, 3.8) is 0 Å². The molecule has 0 saturated carbocycles. The van der Waals surface area contributed by atoms with E-state index in [9.17, 15) is 14.0 Å². The molecule has 134 valence electrons. The Balaban J connectivity index is 2.08. The summed E-state index contributed by atoms with van der Waals surface area (Å²) in [4.78, 5) is 26.3. The lowest BCUT2D eigenvalue weighted by atomic mass is 10.1. The fourth-order valence-electron chi connectivity index (χ4n) is 2.25. The van der Waals surface area contributed by atoms with Gasteiger partial charge in [-0.25, -0.2) is 4.39 Å². The molecule has 0 aliphatic carbocycles. The first-order valence-electron chi connectivity index (χ1n) is 8.13. The molecule has 0 aliphatic rings. The molecule has 7 heteroatoms. The van der Waals surface area contributed by atoms with Crippen LogP contribution in [0.1, 0.15) is 36.4 Å². The number of benzene rings is 1. The highest BCUT2D eigenvalue weighted by molar-refractivity contribution is 5.99. The second-order valence-corrected chi connectivity index (χ2v) is 6.29. The SMILES string of the molecule is Cc1cc(NC(=O)CN(CCC(C)C)C(=O)c2cccc(F)c2)no1. The van der Waals surface area contributed by atoms with Crippen LogP contribution in [-0.2, 0) is 4.79 Å². The number of anilines is 1. The van der Waals surface area contributed by atoms with Crippen molar-refractivity contribution < 1.29 is 18.5 Å². The molecule has 0 aliphatic heterocycles. The van der Waals surface area contributed by atoms with Crippen molar-refractivity contribution in [2.75, 3.05) is 18.4 Å². The Morgan fingerprint density at radius 2 is 2.08 bits per heavy atom. The van der Waals surface area contributed by atoms with Gasteiger partial charge in [-0.3, -0.25) is 9.59 Å². The van der Waals surface area contributed by atoms with Gasteiger partial charge in [0, 0.05) is 18.2 Å². The van der Waals surface area contributed by atoms with E-state index in [2.05, 4.69) is 10.5 Å². The fraction of sp³-hybridized carbons (Fsp3) is 0.389. The Labute approximate surface area is 146 Å². The molecule has 25 heavy (non-hydrogen) atoms. The van der Waals surface area contributed by atoms with Crippen LogP contribution in [0, 0.1) is 18.7 Å². The maximum absolute atomic E-state index is 13.4. The van der Waals surface area contributed by atoms with Crippen LogP contribution in [0.4, 0.5) is 10.2 Å². The number of carbonyl (C=O) groups excluding carboxylic acids is 2. The average molecular weight is 347 g/mol. The van der Waals surface area contributed by atoms with Gasteiger partial charge in [-0.2, -0.15) is 0 Å². The Hall–Kier alpha value is -2.70. The van der Waals surface area contributed by atoms with Gasteiger partial charge in [-0.15, -0.1) is 0 Å². The lowest BCUT2D eigenvalue weighted by Crippen LogP contribution is -2.39. The summed E-state index contributed by atoms with van der Waals surface area (Å²) < 4.78 is 18.3. The molecule has 1 N–H and O–H groups in total. The van der Waals surface area contributed by atoms with E-state index >= 15 is 0 Å². The zero-order valence-electron chi connectivity index (χ0n) is 14.6. The number of rotatable bonds is 7. The fourth-order valence-corrected chi connectivity index (χ4v) is 2.25. The van der Waals surface area contributed by atoms with Crippen molar-refractivity contribution in [3.05, 3.63) is 47.5 Å². The summed E-state index contributed by atoms with van der Waals surface area (Å²) in [6.45, 7) is 6.03. The van der Waals surface area contributed by atoms with E-state index in [0.29, 0.717) is 24.0 Å². The van der Waals surface area contributed by atoms with Gasteiger partial charge in [0.05, 0.1) is 0 Å². The molecular formula is C18H22FN3O3. The third-order valence-electron chi connectivity index (χ3n) is 3.57. The van der Waals surface area contributed by atoms with Crippen molar-refractivity contribution in [1.82, 2.24) is 10.1 Å². The molecule has 1 aromatic carbocycles. The normalized spacial score (nSPS) is 10.8. The van der Waals surface area contributed by atoms with Crippen molar-refractivity contribution in [3.8, 4) is 0 Å². The van der Waals surface area contributed by atoms with E-state index in [1.165, 1.54) is 29.2 Å². The number of nitrogens with zero attached hydrogens (tertiary/aromatic N) is 2. The van der Waals surface area contributed by atoms with Crippen LogP contribution in [0.25, 0.3) is 0 Å². The van der Waals surface area contributed by atoms with E-state index in [-0.39, 0.29) is 23.9 Å². The molecule has 2 amide bonds. The summed E-state index contributed by atoms with van der Waals surface area (Å²) in [5.74, 6) is -0.0259. The Bertz CT molecular complexity index is 743. The first kappa shape index (κ1) is 18.6. The minimum absolute atomic E-state index is 0.145.